The zero-order chi connectivity index (χ0) is 25.7. The van der Waals surface area contributed by atoms with Gasteiger partial charge in [-0.05, 0) is 81.0 Å². The molecule has 1 saturated heterocycles. The molecule has 1 aromatic heterocycles. The maximum atomic E-state index is 13.1. The highest BCUT2D eigenvalue weighted by atomic mass is 16.5. The zero-order valence-electron chi connectivity index (χ0n) is 20.8. The predicted octanol–water partition coefficient (Wildman–Crippen LogP) is 4.34. The van der Waals surface area contributed by atoms with Crippen LogP contribution >= 0.6 is 0 Å². The van der Waals surface area contributed by atoms with Gasteiger partial charge < -0.3 is 19.6 Å². The largest absolute Gasteiger partial charge is 0.507 e. The molecule has 2 heterocycles. The number of aliphatic hydroxyl groups is 1. The third-order valence-corrected chi connectivity index (χ3v) is 6.33. The molecule has 0 bridgehead atoms. The van der Waals surface area contributed by atoms with Gasteiger partial charge >= 0.3 is 0 Å². The number of aromatic nitrogens is 1. The van der Waals surface area contributed by atoms with Crippen LogP contribution < -0.4 is 4.74 Å². The summed E-state index contributed by atoms with van der Waals surface area (Å²) in [7, 11) is 3.92. The lowest BCUT2D eigenvalue weighted by Gasteiger charge is -2.25. The Morgan fingerprint density at radius 2 is 1.81 bits per heavy atom. The van der Waals surface area contributed by atoms with E-state index in [0.29, 0.717) is 36.4 Å². The fourth-order valence-corrected chi connectivity index (χ4v) is 4.35. The molecule has 1 atom stereocenters. The van der Waals surface area contributed by atoms with Crippen LogP contribution in [0.3, 0.4) is 0 Å². The van der Waals surface area contributed by atoms with Gasteiger partial charge in [-0.3, -0.25) is 14.6 Å². The second kappa shape index (κ2) is 11.2. The first-order valence-electron chi connectivity index (χ1n) is 12.0. The first-order chi connectivity index (χ1) is 17.4. The molecule has 3 aromatic rings. The summed E-state index contributed by atoms with van der Waals surface area (Å²) < 4.78 is 5.90. The third kappa shape index (κ3) is 5.47. The number of carbonyl (C=O) groups excluding carboxylic acids is 2. The summed E-state index contributed by atoms with van der Waals surface area (Å²) in [5, 5.41) is 11.2. The van der Waals surface area contributed by atoms with Crippen molar-refractivity contribution < 1.29 is 19.4 Å². The van der Waals surface area contributed by atoms with E-state index in [1.807, 2.05) is 56.3 Å². The molecular weight excluding hydrogens is 454 g/mol. The smallest absolute Gasteiger partial charge is 0.295 e. The SMILES string of the molecule is Cc1ccccc1COc1ccc(C(O)=C2C(=O)C(=O)N(CCCN(C)C)[C@H]2c2cccnc2)cc1. The van der Waals surface area contributed by atoms with Crippen molar-refractivity contribution in [2.75, 3.05) is 27.2 Å². The maximum Gasteiger partial charge on any atom is 0.295 e. The summed E-state index contributed by atoms with van der Waals surface area (Å²) in [6, 6.07) is 17.8. The monoisotopic (exact) mass is 485 g/mol. The minimum absolute atomic E-state index is 0.0754. The molecule has 0 aliphatic carbocycles. The van der Waals surface area contributed by atoms with Crippen LogP contribution in [0.1, 0.15) is 34.7 Å². The lowest BCUT2D eigenvalue weighted by Crippen LogP contribution is -2.32. The number of rotatable bonds is 9. The van der Waals surface area contributed by atoms with Crippen molar-refractivity contribution in [1.29, 1.82) is 0 Å². The van der Waals surface area contributed by atoms with E-state index >= 15 is 0 Å². The van der Waals surface area contributed by atoms with Crippen LogP contribution in [-0.2, 0) is 16.2 Å². The van der Waals surface area contributed by atoms with Crippen LogP contribution in [0.2, 0.25) is 0 Å². The quantitative estimate of drug-likeness (QED) is 0.276. The number of hydrogen-bond acceptors (Lipinski definition) is 6. The minimum Gasteiger partial charge on any atom is -0.507 e. The van der Waals surface area contributed by atoms with Gasteiger partial charge in [0.15, 0.2) is 0 Å². The van der Waals surface area contributed by atoms with Gasteiger partial charge in [-0.15, -0.1) is 0 Å². The molecule has 186 valence electrons. The van der Waals surface area contributed by atoms with Crippen LogP contribution in [-0.4, -0.2) is 58.8 Å². The van der Waals surface area contributed by atoms with Gasteiger partial charge in [0.2, 0.25) is 0 Å². The average Bonchev–Trinajstić information content (AvgIpc) is 3.13. The average molecular weight is 486 g/mol. The number of hydrogen-bond donors (Lipinski definition) is 1. The molecule has 0 saturated carbocycles. The standard InChI is InChI=1S/C29H31N3O4/c1-20-8-4-5-9-23(20)19-36-24-13-11-21(12-14-24)27(33)25-26(22-10-6-15-30-18-22)32(29(35)28(25)34)17-7-16-31(2)3/h4-6,8-15,18,26,33H,7,16-17,19H2,1-3H3/t26-/m0/s1. The number of nitrogens with zero attached hydrogens (tertiary/aromatic N) is 3. The normalized spacial score (nSPS) is 17.1. The van der Waals surface area contributed by atoms with Gasteiger partial charge in [0.05, 0.1) is 11.6 Å². The number of pyridine rings is 1. The lowest BCUT2D eigenvalue weighted by atomic mass is 9.96. The molecular formula is C29H31N3O4. The number of likely N-dealkylation sites (tertiary alicyclic amines) is 1. The maximum absolute atomic E-state index is 13.1. The van der Waals surface area contributed by atoms with Crippen molar-refractivity contribution in [3.8, 4) is 5.75 Å². The van der Waals surface area contributed by atoms with E-state index < -0.39 is 17.7 Å². The summed E-state index contributed by atoms with van der Waals surface area (Å²) in [6.45, 7) is 3.63. The van der Waals surface area contributed by atoms with Crippen LogP contribution in [0.25, 0.3) is 5.76 Å². The highest BCUT2D eigenvalue weighted by Crippen LogP contribution is 2.39. The molecule has 2 aromatic carbocycles. The molecule has 1 amide bonds. The Labute approximate surface area is 211 Å². The third-order valence-electron chi connectivity index (χ3n) is 6.33. The molecule has 4 rings (SSSR count). The van der Waals surface area contributed by atoms with E-state index in [4.69, 9.17) is 4.74 Å². The van der Waals surface area contributed by atoms with E-state index in [2.05, 4.69) is 4.98 Å². The van der Waals surface area contributed by atoms with Crippen molar-refractivity contribution >= 4 is 17.4 Å². The Balaban J connectivity index is 1.61. The molecule has 1 N–H and O–H groups in total. The molecule has 0 spiro atoms. The molecule has 36 heavy (non-hydrogen) atoms. The molecule has 7 heteroatoms. The molecule has 7 nitrogen and oxygen atoms in total. The van der Waals surface area contributed by atoms with E-state index in [0.717, 1.165) is 17.7 Å². The van der Waals surface area contributed by atoms with Crippen molar-refractivity contribution in [3.63, 3.8) is 0 Å². The topological polar surface area (TPSA) is 83.0 Å². The fourth-order valence-electron chi connectivity index (χ4n) is 4.35. The van der Waals surface area contributed by atoms with Crippen LogP contribution in [0.4, 0.5) is 0 Å². The molecule has 0 radical (unpaired) electrons. The fraction of sp³-hybridized carbons (Fsp3) is 0.276. The number of amides is 1. The Hall–Kier alpha value is -3.97. The summed E-state index contributed by atoms with van der Waals surface area (Å²) in [5.41, 5.74) is 3.44. The highest BCUT2D eigenvalue weighted by molar-refractivity contribution is 6.46. The molecule has 1 aliphatic heterocycles. The summed E-state index contributed by atoms with van der Waals surface area (Å²) >= 11 is 0. The zero-order valence-corrected chi connectivity index (χ0v) is 20.8. The van der Waals surface area contributed by atoms with E-state index in [-0.39, 0.29) is 11.3 Å². The number of Topliss-reactive ketones (excluding diaryl/α,β-unsaturated/α-hetero) is 1. The Morgan fingerprint density at radius 1 is 1.06 bits per heavy atom. The van der Waals surface area contributed by atoms with E-state index in [9.17, 15) is 14.7 Å². The van der Waals surface area contributed by atoms with E-state index in [1.165, 1.54) is 4.90 Å². The van der Waals surface area contributed by atoms with Gasteiger partial charge in [0.25, 0.3) is 11.7 Å². The number of benzene rings is 2. The van der Waals surface area contributed by atoms with Crippen molar-refractivity contribution in [2.24, 2.45) is 0 Å². The van der Waals surface area contributed by atoms with Gasteiger partial charge in [-0.1, -0.05) is 30.3 Å². The number of aliphatic hydroxyl groups excluding tert-OH is 1. The number of ether oxygens (including phenoxy) is 1. The number of ketones is 1. The van der Waals surface area contributed by atoms with Gasteiger partial charge in [0.1, 0.15) is 18.1 Å². The van der Waals surface area contributed by atoms with Crippen LogP contribution in [0.15, 0.2) is 78.6 Å². The van der Waals surface area contributed by atoms with Crippen LogP contribution in [0, 0.1) is 6.92 Å². The second-order valence-corrected chi connectivity index (χ2v) is 9.18. The van der Waals surface area contributed by atoms with Gasteiger partial charge in [0, 0.05) is 24.5 Å². The predicted molar refractivity (Wildman–Crippen MR) is 138 cm³/mol. The lowest BCUT2D eigenvalue weighted by molar-refractivity contribution is -0.139. The molecule has 1 aliphatic rings. The Morgan fingerprint density at radius 3 is 2.47 bits per heavy atom. The minimum atomic E-state index is -0.696. The first kappa shape index (κ1) is 25.1. The van der Waals surface area contributed by atoms with Gasteiger partial charge in [-0.25, -0.2) is 0 Å². The van der Waals surface area contributed by atoms with Crippen molar-refractivity contribution in [2.45, 2.75) is 26.0 Å². The van der Waals surface area contributed by atoms with Gasteiger partial charge in [-0.2, -0.15) is 0 Å². The second-order valence-electron chi connectivity index (χ2n) is 9.18. The molecule has 1 fully saturated rings. The van der Waals surface area contributed by atoms with Crippen LogP contribution in [0.5, 0.6) is 5.75 Å². The molecule has 0 unspecified atom stereocenters. The van der Waals surface area contributed by atoms with Crippen molar-refractivity contribution in [1.82, 2.24) is 14.8 Å². The summed E-state index contributed by atoms with van der Waals surface area (Å²) in [6.07, 6.45) is 3.96. The van der Waals surface area contributed by atoms with Crippen molar-refractivity contribution in [3.05, 3.63) is 101 Å². The van der Waals surface area contributed by atoms with E-state index in [1.54, 1.807) is 42.7 Å². The Kier molecular flexibility index (Phi) is 7.80. The summed E-state index contributed by atoms with van der Waals surface area (Å²) in [5.74, 6) is -0.862. The number of carbonyl (C=O) groups is 2. The highest BCUT2D eigenvalue weighted by Gasteiger charge is 2.45. The summed E-state index contributed by atoms with van der Waals surface area (Å²) in [4.78, 5) is 33.8. The Bertz CT molecular complexity index is 1250. The first-order valence-corrected chi connectivity index (χ1v) is 12.0. The number of aryl methyl sites for hydroxylation is 1.